The van der Waals surface area contributed by atoms with E-state index in [0.717, 1.165) is 6.42 Å². The molecule has 1 aliphatic carbocycles. The number of rotatable bonds is 1. The predicted molar refractivity (Wildman–Crippen MR) is 34.0 cm³/mol. The molecule has 50 valence electrons. The molecular weight excluding hydrogens is 116 g/mol. The van der Waals surface area contributed by atoms with Gasteiger partial charge in [-0.1, -0.05) is 12.2 Å². The van der Waals surface area contributed by atoms with Gasteiger partial charge >= 0.3 is 0 Å². The summed E-state index contributed by atoms with van der Waals surface area (Å²) in [6.45, 7) is -0.0324. The molecule has 2 heteroatoms. The van der Waals surface area contributed by atoms with E-state index in [-0.39, 0.29) is 18.3 Å². The highest BCUT2D eigenvalue weighted by molar-refractivity contribution is 5.83. The molecule has 0 bridgehead atoms. The molecule has 1 aliphatic rings. The van der Waals surface area contributed by atoms with Crippen LogP contribution in [0.3, 0.4) is 0 Å². The number of aliphatic hydroxyl groups is 1. The molecule has 0 radical (unpaired) electrons. The van der Waals surface area contributed by atoms with E-state index in [2.05, 4.69) is 0 Å². The van der Waals surface area contributed by atoms with Crippen molar-refractivity contribution in [2.24, 2.45) is 5.92 Å². The summed E-state index contributed by atoms with van der Waals surface area (Å²) in [7, 11) is 0. The molecule has 0 saturated heterocycles. The molecule has 0 amide bonds. The van der Waals surface area contributed by atoms with Crippen LogP contribution in [0.4, 0.5) is 0 Å². The van der Waals surface area contributed by atoms with Crippen molar-refractivity contribution in [3.63, 3.8) is 0 Å². The van der Waals surface area contributed by atoms with Gasteiger partial charge in [0.15, 0.2) is 0 Å². The van der Waals surface area contributed by atoms with Crippen molar-refractivity contribution >= 4 is 5.78 Å². The summed E-state index contributed by atoms with van der Waals surface area (Å²) in [6, 6.07) is 0. The number of Topliss-reactive ketones (excluding diaryl/α,β-unsaturated/α-hetero) is 1. The molecule has 1 N–H and O–H groups in total. The van der Waals surface area contributed by atoms with Gasteiger partial charge in [0.05, 0.1) is 12.5 Å². The van der Waals surface area contributed by atoms with Gasteiger partial charge in [0.1, 0.15) is 5.78 Å². The molecule has 0 spiro atoms. The topological polar surface area (TPSA) is 37.3 Å². The Kier molecular flexibility index (Phi) is 2.01. The van der Waals surface area contributed by atoms with Crippen molar-refractivity contribution in [2.75, 3.05) is 6.61 Å². The Morgan fingerprint density at radius 1 is 1.78 bits per heavy atom. The van der Waals surface area contributed by atoms with E-state index < -0.39 is 0 Å². The van der Waals surface area contributed by atoms with Crippen LogP contribution in [-0.4, -0.2) is 17.5 Å². The molecule has 0 heterocycles. The maximum atomic E-state index is 10.8. The lowest BCUT2D eigenvalue weighted by Crippen LogP contribution is -2.18. The molecule has 1 atom stereocenters. The minimum atomic E-state index is -0.209. The van der Waals surface area contributed by atoms with E-state index in [1.54, 1.807) is 6.08 Å². The summed E-state index contributed by atoms with van der Waals surface area (Å²) in [6.07, 6.45) is 5.17. The Hall–Kier alpha value is -0.630. The van der Waals surface area contributed by atoms with Crippen molar-refractivity contribution in [1.29, 1.82) is 0 Å². The normalized spacial score (nSPS) is 26.8. The molecule has 0 fully saturated rings. The zero-order chi connectivity index (χ0) is 6.69. The summed E-state index contributed by atoms with van der Waals surface area (Å²) in [5, 5.41) is 8.59. The molecule has 1 unspecified atom stereocenters. The highest BCUT2D eigenvalue weighted by Crippen LogP contribution is 2.11. The minimum Gasteiger partial charge on any atom is -0.395 e. The van der Waals surface area contributed by atoms with Crippen LogP contribution in [0.1, 0.15) is 12.8 Å². The zero-order valence-corrected chi connectivity index (χ0v) is 5.21. The monoisotopic (exact) mass is 126 g/mol. The molecule has 2 nitrogen and oxygen atoms in total. The minimum absolute atomic E-state index is 0.0324. The summed E-state index contributed by atoms with van der Waals surface area (Å²) in [5.74, 6) is -0.0428. The highest BCUT2D eigenvalue weighted by atomic mass is 16.3. The second kappa shape index (κ2) is 2.78. The Morgan fingerprint density at radius 2 is 2.56 bits per heavy atom. The number of aliphatic hydroxyl groups excluding tert-OH is 1. The first-order chi connectivity index (χ1) is 4.34. The van der Waals surface area contributed by atoms with Gasteiger partial charge in [-0.2, -0.15) is 0 Å². The lowest BCUT2D eigenvalue weighted by atomic mass is 9.95. The number of carbonyl (C=O) groups is 1. The number of carbonyl (C=O) groups excluding carboxylic acids is 1. The van der Waals surface area contributed by atoms with Crippen molar-refractivity contribution in [3.8, 4) is 0 Å². The van der Waals surface area contributed by atoms with Gasteiger partial charge in [0.2, 0.25) is 0 Å². The van der Waals surface area contributed by atoms with Gasteiger partial charge in [-0.25, -0.2) is 0 Å². The van der Waals surface area contributed by atoms with Gasteiger partial charge in [-0.15, -0.1) is 0 Å². The van der Waals surface area contributed by atoms with Crippen LogP contribution in [0.5, 0.6) is 0 Å². The molecule has 0 saturated carbocycles. The Labute approximate surface area is 54.2 Å². The number of ketones is 1. The average Bonchev–Trinajstić information content (AvgIpc) is 1.89. The molecule has 0 aliphatic heterocycles. The van der Waals surface area contributed by atoms with Crippen molar-refractivity contribution in [3.05, 3.63) is 12.2 Å². The van der Waals surface area contributed by atoms with E-state index in [0.29, 0.717) is 6.42 Å². The third kappa shape index (κ3) is 1.39. The summed E-state index contributed by atoms with van der Waals surface area (Å²) >= 11 is 0. The number of hydrogen-bond donors (Lipinski definition) is 1. The molecule has 9 heavy (non-hydrogen) atoms. The number of allylic oxidation sites excluding steroid dienone is 1. The van der Waals surface area contributed by atoms with E-state index in [4.69, 9.17) is 5.11 Å². The van der Waals surface area contributed by atoms with Crippen molar-refractivity contribution < 1.29 is 9.90 Å². The first kappa shape index (κ1) is 6.49. The lowest BCUT2D eigenvalue weighted by Gasteiger charge is -2.10. The van der Waals surface area contributed by atoms with Gasteiger partial charge in [0.25, 0.3) is 0 Å². The Morgan fingerprint density at radius 3 is 3.00 bits per heavy atom. The largest absolute Gasteiger partial charge is 0.395 e. The highest BCUT2D eigenvalue weighted by Gasteiger charge is 2.15. The van der Waals surface area contributed by atoms with Gasteiger partial charge in [-0.05, 0) is 6.42 Å². The second-order valence-electron chi connectivity index (χ2n) is 2.22. The van der Waals surface area contributed by atoms with Crippen LogP contribution in [0, 0.1) is 5.92 Å². The third-order valence-electron chi connectivity index (χ3n) is 1.54. The molecule has 0 aromatic heterocycles. The summed E-state index contributed by atoms with van der Waals surface area (Å²) in [5.41, 5.74) is 0. The Balaban J connectivity index is 2.57. The quantitative estimate of drug-likeness (QED) is 0.520. The zero-order valence-electron chi connectivity index (χ0n) is 5.21. The van der Waals surface area contributed by atoms with E-state index in [9.17, 15) is 4.79 Å². The fourth-order valence-electron chi connectivity index (χ4n) is 0.941. The van der Waals surface area contributed by atoms with Crippen LogP contribution < -0.4 is 0 Å². The van der Waals surface area contributed by atoms with Crippen LogP contribution in [-0.2, 0) is 4.79 Å². The van der Waals surface area contributed by atoms with E-state index in [1.165, 1.54) is 0 Å². The summed E-state index contributed by atoms with van der Waals surface area (Å²) in [4.78, 5) is 10.8. The van der Waals surface area contributed by atoms with E-state index in [1.807, 2.05) is 6.08 Å². The van der Waals surface area contributed by atoms with Crippen LogP contribution in [0.25, 0.3) is 0 Å². The SMILES string of the molecule is O=C1CCC=CC1CO. The fourth-order valence-corrected chi connectivity index (χ4v) is 0.941. The van der Waals surface area contributed by atoms with Crippen LogP contribution in [0.2, 0.25) is 0 Å². The molecule has 1 rings (SSSR count). The summed E-state index contributed by atoms with van der Waals surface area (Å²) < 4.78 is 0. The lowest BCUT2D eigenvalue weighted by molar-refractivity contribution is -0.122. The van der Waals surface area contributed by atoms with Crippen molar-refractivity contribution in [1.82, 2.24) is 0 Å². The molecular formula is C7H10O2. The second-order valence-corrected chi connectivity index (χ2v) is 2.22. The smallest absolute Gasteiger partial charge is 0.142 e. The fraction of sp³-hybridized carbons (Fsp3) is 0.571. The average molecular weight is 126 g/mol. The predicted octanol–water partition coefficient (Wildman–Crippen LogP) is 0.514. The maximum Gasteiger partial charge on any atom is 0.142 e. The van der Waals surface area contributed by atoms with Gasteiger partial charge in [0, 0.05) is 6.42 Å². The first-order valence-corrected chi connectivity index (χ1v) is 3.15. The van der Waals surface area contributed by atoms with Gasteiger partial charge < -0.3 is 5.11 Å². The van der Waals surface area contributed by atoms with Crippen molar-refractivity contribution in [2.45, 2.75) is 12.8 Å². The van der Waals surface area contributed by atoms with Gasteiger partial charge in [-0.3, -0.25) is 4.79 Å². The van der Waals surface area contributed by atoms with E-state index >= 15 is 0 Å². The van der Waals surface area contributed by atoms with Crippen LogP contribution >= 0.6 is 0 Å². The molecule has 0 aromatic carbocycles. The number of hydrogen-bond acceptors (Lipinski definition) is 2. The first-order valence-electron chi connectivity index (χ1n) is 3.15. The third-order valence-corrected chi connectivity index (χ3v) is 1.54. The standard InChI is InChI=1S/C7H10O2/c8-5-6-3-1-2-4-7(6)9/h1,3,6,8H,2,4-5H2. The maximum absolute atomic E-state index is 10.8. The van der Waals surface area contributed by atoms with Crippen LogP contribution in [0.15, 0.2) is 12.2 Å². The molecule has 0 aromatic rings. The Bertz CT molecular complexity index is 138.